The number of ether oxygens (including phenoxy) is 1. The molecule has 0 spiro atoms. The Bertz CT molecular complexity index is 391. The zero-order valence-electron chi connectivity index (χ0n) is 13.2. The number of morpholine rings is 1. The first-order chi connectivity index (χ1) is 10.1. The molecule has 0 amide bonds. The lowest BCUT2D eigenvalue weighted by atomic mass is 10.1. The lowest BCUT2D eigenvalue weighted by molar-refractivity contribution is 0.00345. The Balaban J connectivity index is 1.83. The van der Waals surface area contributed by atoms with Crippen LogP contribution >= 0.6 is 0 Å². The molecule has 1 N–H and O–H groups in total. The van der Waals surface area contributed by atoms with Gasteiger partial charge in [0.05, 0.1) is 19.3 Å². The fourth-order valence-corrected chi connectivity index (χ4v) is 2.69. The lowest BCUT2D eigenvalue weighted by Gasteiger charge is -2.32. The van der Waals surface area contributed by atoms with Crippen LogP contribution in [0.3, 0.4) is 0 Å². The van der Waals surface area contributed by atoms with Crippen LogP contribution < -0.4 is 0 Å². The Hall–Kier alpha value is -0.940. The van der Waals surface area contributed by atoms with E-state index in [2.05, 4.69) is 47.9 Å². The first kappa shape index (κ1) is 16.4. The topological polar surface area (TPSA) is 35.9 Å². The summed E-state index contributed by atoms with van der Waals surface area (Å²) >= 11 is 0. The van der Waals surface area contributed by atoms with Crippen molar-refractivity contribution < 1.29 is 9.84 Å². The van der Waals surface area contributed by atoms with Crippen LogP contribution in [0.2, 0.25) is 0 Å². The summed E-state index contributed by atoms with van der Waals surface area (Å²) in [4.78, 5) is 4.62. The molecule has 0 aliphatic carbocycles. The largest absolute Gasteiger partial charge is 0.390 e. The number of hydrogen-bond donors (Lipinski definition) is 1. The van der Waals surface area contributed by atoms with Crippen molar-refractivity contribution in [2.75, 3.05) is 39.4 Å². The first-order valence-electron chi connectivity index (χ1n) is 7.91. The zero-order valence-corrected chi connectivity index (χ0v) is 13.2. The van der Waals surface area contributed by atoms with Gasteiger partial charge in [0.2, 0.25) is 0 Å². The minimum Gasteiger partial charge on any atom is -0.390 e. The van der Waals surface area contributed by atoms with Gasteiger partial charge in [0.15, 0.2) is 0 Å². The highest BCUT2D eigenvalue weighted by molar-refractivity contribution is 5.14. The number of aliphatic hydroxyl groups excluding tert-OH is 1. The van der Waals surface area contributed by atoms with Gasteiger partial charge in [-0.15, -0.1) is 0 Å². The van der Waals surface area contributed by atoms with Gasteiger partial charge in [0, 0.05) is 38.8 Å². The van der Waals surface area contributed by atoms with Crippen molar-refractivity contribution >= 4 is 0 Å². The van der Waals surface area contributed by atoms with Crippen molar-refractivity contribution in [3.8, 4) is 0 Å². The summed E-state index contributed by atoms with van der Waals surface area (Å²) in [6, 6.07) is 10.9. The zero-order chi connectivity index (χ0) is 15.1. The van der Waals surface area contributed by atoms with Gasteiger partial charge in [-0.25, -0.2) is 0 Å². The molecule has 4 nitrogen and oxygen atoms in total. The van der Waals surface area contributed by atoms with Gasteiger partial charge in [-0.3, -0.25) is 9.80 Å². The number of hydrogen-bond acceptors (Lipinski definition) is 4. The number of β-amino-alcohol motifs (C(OH)–C–C–N with tert-alkyl or cyclic N) is 1. The van der Waals surface area contributed by atoms with Crippen LogP contribution in [0.15, 0.2) is 30.3 Å². The summed E-state index contributed by atoms with van der Waals surface area (Å²) in [5.74, 6) is 0. The van der Waals surface area contributed by atoms with Crippen LogP contribution in [-0.2, 0) is 11.3 Å². The van der Waals surface area contributed by atoms with Gasteiger partial charge in [0.1, 0.15) is 0 Å². The van der Waals surface area contributed by atoms with E-state index in [9.17, 15) is 5.11 Å². The van der Waals surface area contributed by atoms with Gasteiger partial charge < -0.3 is 9.84 Å². The van der Waals surface area contributed by atoms with Crippen LogP contribution in [0.4, 0.5) is 0 Å². The molecule has 21 heavy (non-hydrogen) atoms. The summed E-state index contributed by atoms with van der Waals surface area (Å²) < 4.78 is 5.35. The number of aliphatic hydroxyl groups is 1. The van der Waals surface area contributed by atoms with Crippen molar-refractivity contribution in [3.63, 3.8) is 0 Å². The molecule has 1 aromatic carbocycles. The molecule has 1 aliphatic heterocycles. The van der Waals surface area contributed by atoms with E-state index >= 15 is 0 Å². The molecule has 2 rings (SSSR count). The Labute approximate surface area is 128 Å². The number of nitrogens with zero attached hydrogens (tertiary/aromatic N) is 2. The average molecular weight is 292 g/mol. The third kappa shape index (κ3) is 5.75. The first-order valence-corrected chi connectivity index (χ1v) is 7.91. The highest BCUT2D eigenvalue weighted by Crippen LogP contribution is 2.10. The summed E-state index contributed by atoms with van der Waals surface area (Å²) in [6.45, 7) is 10.1. The maximum absolute atomic E-state index is 10.4. The van der Waals surface area contributed by atoms with E-state index in [1.54, 1.807) is 0 Å². The average Bonchev–Trinajstić information content (AvgIpc) is 2.48. The molecule has 1 atom stereocenters. The quantitative estimate of drug-likeness (QED) is 0.828. The van der Waals surface area contributed by atoms with Gasteiger partial charge in [-0.05, 0) is 19.4 Å². The molecule has 1 heterocycles. The number of rotatable bonds is 7. The predicted octanol–water partition coefficient (Wildman–Crippen LogP) is 1.59. The van der Waals surface area contributed by atoms with E-state index in [1.807, 2.05) is 6.07 Å². The molecule has 118 valence electrons. The highest BCUT2D eigenvalue weighted by Gasteiger charge is 2.19. The molecule has 4 heteroatoms. The molecule has 0 radical (unpaired) electrons. The fourth-order valence-electron chi connectivity index (χ4n) is 2.69. The molecular weight excluding hydrogens is 264 g/mol. The van der Waals surface area contributed by atoms with Gasteiger partial charge >= 0.3 is 0 Å². The van der Waals surface area contributed by atoms with Crippen molar-refractivity contribution in [1.29, 1.82) is 0 Å². The van der Waals surface area contributed by atoms with E-state index in [-0.39, 0.29) is 6.10 Å². The van der Waals surface area contributed by atoms with Crippen molar-refractivity contribution in [2.24, 2.45) is 0 Å². The number of benzene rings is 1. The Morgan fingerprint density at radius 2 is 1.86 bits per heavy atom. The monoisotopic (exact) mass is 292 g/mol. The van der Waals surface area contributed by atoms with Crippen molar-refractivity contribution in [2.45, 2.75) is 32.5 Å². The van der Waals surface area contributed by atoms with Gasteiger partial charge in [-0.2, -0.15) is 0 Å². The lowest BCUT2D eigenvalue weighted by Crippen LogP contribution is -2.45. The van der Waals surface area contributed by atoms with E-state index in [4.69, 9.17) is 4.74 Å². The van der Waals surface area contributed by atoms with E-state index in [0.717, 1.165) is 39.4 Å². The second-order valence-corrected chi connectivity index (χ2v) is 6.08. The molecule has 0 aromatic heterocycles. The van der Waals surface area contributed by atoms with E-state index < -0.39 is 0 Å². The SMILES string of the molecule is CC(C)N(Cc1ccccc1)CC(O)CN1CCOCC1. The van der Waals surface area contributed by atoms with Crippen molar-refractivity contribution in [1.82, 2.24) is 9.80 Å². The fraction of sp³-hybridized carbons (Fsp3) is 0.647. The summed E-state index contributed by atoms with van der Waals surface area (Å²) in [6.07, 6.45) is -0.311. The molecule has 1 fully saturated rings. The molecule has 0 saturated carbocycles. The van der Waals surface area contributed by atoms with Gasteiger partial charge in [0.25, 0.3) is 0 Å². The third-order valence-electron chi connectivity index (χ3n) is 3.98. The normalized spacial score (nSPS) is 18.3. The van der Waals surface area contributed by atoms with Crippen LogP contribution in [0, 0.1) is 0 Å². The molecule has 1 unspecified atom stereocenters. The Kier molecular flexibility index (Phi) is 6.64. The molecule has 1 saturated heterocycles. The Morgan fingerprint density at radius 1 is 1.19 bits per heavy atom. The maximum atomic E-state index is 10.4. The molecule has 1 aliphatic rings. The second kappa shape index (κ2) is 8.49. The smallest absolute Gasteiger partial charge is 0.0794 e. The minimum absolute atomic E-state index is 0.311. The molecule has 0 bridgehead atoms. The molecular formula is C17H28N2O2. The van der Waals surface area contributed by atoms with E-state index in [1.165, 1.54) is 5.56 Å². The summed E-state index contributed by atoms with van der Waals surface area (Å²) in [5.41, 5.74) is 1.30. The maximum Gasteiger partial charge on any atom is 0.0794 e. The Morgan fingerprint density at radius 3 is 2.48 bits per heavy atom. The standard InChI is InChI=1S/C17H28N2O2/c1-15(2)19(12-16-6-4-3-5-7-16)14-17(20)13-18-8-10-21-11-9-18/h3-7,15,17,20H,8-14H2,1-2H3. The summed E-state index contributed by atoms with van der Waals surface area (Å²) in [5, 5.41) is 10.4. The predicted molar refractivity (Wildman–Crippen MR) is 85.3 cm³/mol. The highest BCUT2D eigenvalue weighted by atomic mass is 16.5. The summed E-state index contributed by atoms with van der Waals surface area (Å²) in [7, 11) is 0. The minimum atomic E-state index is -0.311. The second-order valence-electron chi connectivity index (χ2n) is 6.08. The van der Waals surface area contributed by atoms with Gasteiger partial charge in [-0.1, -0.05) is 30.3 Å². The van der Waals surface area contributed by atoms with Crippen LogP contribution in [0.1, 0.15) is 19.4 Å². The van der Waals surface area contributed by atoms with Crippen molar-refractivity contribution in [3.05, 3.63) is 35.9 Å². The molecule has 1 aromatic rings. The van der Waals surface area contributed by atoms with E-state index in [0.29, 0.717) is 12.6 Å². The van der Waals surface area contributed by atoms with Crippen LogP contribution in [-0.4, -0.2) is 66.4 Å². The van der Waals surface area contributed by atoms with Crippen LogP contribution in [0.5, 0.6) is 0 Å². The third-order valence-corrected chi connectivity index (χ3v) is 3.98. The van der Waals surface area contributed by atoms with Crippen LogP contribution in [0.25, 0.3) is 0 Å².